The summed E-state index contributed by atoms with van der Waals surface area (Å²) in [5.41, 5.74) is 0. The highest BCUT2D eigenvalue weighted by atomic mass is 16.2. The molecule has 2 fully saturated rings. The van der Waals surface area contributed by atoms with E-state index >= 15 is 0 Å². The topological polar surface area (TPSA) is 35.6 Å². The molecule has 1 saturated heterocycles. The SMILES string of the molecule is CC(C(=O)N(C)C)N1CCC(NCC2CC2)CC1. The zero-order chi connectivity index (χ0) is 13.1. The van der Waals surface area contributed by atoms with Crippen molar-refractivity contribution in [3.05, 3.63) is 0 Å². The van der Waals surface area contributed by atoms with Gasteiger partial charge in [0, 0.05) is 33.2 Å². The van der Waals surface area contributed by atoms with E-state index in [1.165, 1.54) is 32.2 Å². The average molecular weight is 253 g/mol. The van der Waals surface area contributed by atoms with E-state index in [1.807, 2.05) is 21.0 Å². The molecule has 0 bridgehead atoms. The summed E-state index contributed by atoms with van der Waals surface area (Å²) in [5.74, 6) is 1.18. The maximum absolute atomic E-state index is 11.9. The summed E-state index contributed by atoms with van der Waals surface area (Å²) in [4.78, 5) is 15.9. The standard InChI is InChI=1S/C14H27N3O/c1-11(14(18)16(2)3)17-8-6-13(7-9-17)15-10-12-4-5-12/h11-13,15H,4-10H2,1-3H3. The van der Waals surface area contributed by atoms with Gasteiger partial charge in [-0.2, -0.15) is 0 Å². The molecule has 1 amide bonds. The lowest BCUT2D eigenvalue weighted by molar-refractivity contribution is -0.134. The van der Waals surface area contributed by atoms with Crippen LogP contribution in [0.25, 0.3) is 0 Å². The van der Waals surface area contributed by atoms with Gasteiger partial charge in [0.05, 0.1) is 6.04 Å². The fourth-order valence-corrected chi connectivity index (χ4v) is 2.68. The predicted octanol–water partition coefficient (Wildman–Crippen LogP) is 0.927. The Bertz CT molecular complexity index is 281. The molecule has 1 atom stereocenters. The third kappa shape index (κ3) is 3.69. The number of nitrogens with one attached hydrogen (secondary N) is 1. The van der Waals surface area contributed by atoms with Crippen molar-refractivity contribution >= 4 is 5.91 Å². The second-order valence-corrected chi connectivity index (χ2v) is 6.07. The van der Waals surface area contributed by atoms with Crippen molar-refractivity contribution in [2.45, 2.75) is 44.7 Å². The minimum atomic E-state index is 0.0318. The summed E-state index contributed by atoms with van der Waals surface area (Å²) in [5, 5.41) is 3.67. The van der Waals surface area contributed by atoms with Crippen LogP contribution >= 0.6 is 0 Å². The molecule has 1 aliphatic heterocycles. The quantitative estimate of drug-likeness (QED) is 0.791. The molecular weight excluding hydrogens is 226 g/mol. The normalized spacial score (nSPS) is 23.9. The third-order valence-corrected chi connectivity index (χ3v) is 4.27. The first-order valence-corrected chi connectivity index (χ1v) is 7.26. The molecule has 4 nitrogen and oxygen atoms in total. The van der Waals surface area contributed by atoms with Crippen LogP contribution in [-0.4, -0.2) is 61.5 Å². The molecule has 0 spiro atoms. The van der Waals surface area contributed by atoms with Gasteiger partial charge in [-0.05, 0) is 45.1 Å². The lowest BCUT2D eigenvalue weighted by atomic mass is 10.0. The van der Waals surface area contributed by atoms with Crippen LogP contribution in [0.15, 0.2) is 0 Å². The van der Waals surface area contributed by atoms with Crippen molar-refractivity contribution in [1.29, 1.82) is 0 Å². The first kappa shape index (κ1) is 13.8. The molecule has 1 heterocycles. The van der Waals surface area contributed by atoms with Gasteiger partial charge >= 0.3 is 0 Å². The summed E-state index contributed by atoms with van der Waals surface area (Å²) in [6.07, 6.45) is 5.19. The van der Waals surface area contributed by atoms with Gasteiger partial charge in [-0.15, -0.1) is 0 Å². The maximum atomic E-state index is 11.9. The number of nitrogens with zero attached hydrogens (tertiary/aromatic N) is 2. The minimum Gasteiger partial charge on any atom is -0.347 e. The monoisotopic (exact) mass is 253 g/mol. The van der Waals surface area contributed by atoms with E-state index < -0.39 is 0 Å². The molecule has 18 heavy (non-hydrogen) atoms. The number of carbonyl (C=O) groups excluding carboxylic acids is 1. The molecule has 0 aromatic rings. The molecule has 0 aromatic carbocycles. The summed E-state index contributed by atoms with van der Waals surface area (Å²) in [6, 6.07) is 0.702. The summed E-state index contributed by atoms with van der Waals surface area (Å²) >= 11 is 0. The Kier molecular flexibility index (Phi) is 4.62. The molecule has 1 aliphatic carbocycles. The molecule has 2 aliphatic rings. The second kappa shape index (κ2) is 6.02. The Morgan fingerprint density at radius 1 is 1.28 bits per heavy atom. The number of rotatable bonds is 5. The first-order valence-electron chi connectivity index (χ1n) is 7.26. The molecule has 0 radical (unpaired) electrons. The summed E-state index contributed by atoms with van der Waals surface area (Å²) in [6.45, 7) is 5.32. The van der Waals surface area contributed by atoms with E-state index in [0.717, 1.165) is 19.0 Å². The van der Waals surface area contributed by atoms with Crippen molar-refractivity contribution in [3.63, 3.8) is 0 Å². The highest BCUT2D eigenvalue weighted by Crippen LogP contribution is 2.28. The highest BCUT2D eigenvalue weighted by molar-refractivity contribution is 5.80. The fourth-order valence-electron chi connectivity index (χ4n) is 2.68. The van der Waals surface area contributed by atoms with Crippen molar-refractivity contribution in [3.8, 4) is 0 Å². The summed E-state index contributed by atoms with van der Waals surface area (Å²) < 4.78 is 0. The molecule has 2 rings (SSSR count). The van der Waals surface area contributed by atoms with Crippen molar-refractivity contribution in [1.82, 2.24) is 15.1 Å². The largest absolute Gasteiger partial charge is 0.347 e. The van der Waals surface area contributed by atoms with E-state index in [9.17, 15) is 4.79 Å². The first-order chi connectivity index (χ1) is 8.58. The number of hydrogen-bond donors (Lipinski definition) is 1. The van der Waals surface area contributed by atoms with Gasteiger partial charge in [0.1, 0.15) is 0 Å². The van der Waals surface area contributed by atoms with Crippen molar-refractivity contribution < 1.29 is 4.79 Å². The average Bonchev–Trinajstić information content (AvgIpc) is 3.19. The fraction of sp³-hybridized carbons (Fsp3) is 0.929. The molecule has 0 aromatic heterocycles. The maximum Gasteiger partial charge on any atom is 0.239 e. The van der Waals surface area contributed by atoms with Crippen LogP contribution in [0.3, 0.4) is 0 Å². The number of amides is 1. The Balaban J connectivity index is 1.69. The number of likely N-dealkylation sites (N-methyl/N-ethyl adjacent to an activating group) is 1. The van der Waals surface area contributed by atoms with E-state index in [2.05, 4.69) is 10.2 Å². The van der Waals surface area contributed by atoms with E-state index in [-0.39, 0.29) is 11.9 Å². The molecular formula is C14H27N3O. The minimum absolute atomic E-state index is 0.0318. The van der Waals surface area contributed by atoms with Gasteiger partial charge in [0.25, 0.3) is 0 Å². The molecule has 1 unspecified atom stereocenters. The number of carbonyl (C=O) groups is 1. The van der Waals surface area contributed by atoms with E-state index in [1.54, 1.807) is 4.90 Å². The van der Waals surface area contributed by atoms with Crippen LogP contribution in [0.5, 0.6) is 0 Å². The van der Waals surface area contributed by atoms with Gasteiger partial charge in [0.15, 0.2) is 0 Å². The Morgan fingerprint density at radius 2 is 1.89 bits per heavy atom. The zero-order valence-electron chi connectivity index (χ0n) is 12.0. The van der Waals surface area contributed by atoms with Gasteiger partial charge in [-0.25, -0.2) is 0 Å². The lowest BCUT2D eigenvalue weighted by Gasteiger charge is -2.36. The Hall–Kier alpha value is -0.610. The lowest BCUT2D eigenvalue weighted by Crippen LogP contribution is -2.50. The van der Waals surface area contributed by atoms with Crippen LogP contribution in [0, 0.1) is 5.92 Å². The van der Waals surface area contributed by atoms with Crippen molar-refractivity contribution in [2.24, 2.45) is 5.92 Å². The van der Waals surface area contributed by atoms with Crippen LogP contribution in [0.1, 0.15) is 32.6 Å². The highest BCUT2D eigenvalue weighted by Gasteiger charge is 2.28. The van der Waals surface area contributed by atoms with Gasteiger partial charge in [-0.1, -0.05) is 0 Å². The zero-order valence-corrected chi connectivity index (χ0v) is 12.0. The third-order valence-electron chi connectivity index (χ3n) is 4.27. The molecule has 1 N–H and O–H groups in total. The number of hydrogen-bond acceptors (Lipinski definition) is 3. The summed E-state index contributed by atoms with van der Waals surface area (Å²) in [7, 11) is 3.67. The van der Waals surface area contributed by atoms with Gasteiger partial charge < -0.3 is 10.2 Å². The van der Waals surface area contributed by atoms with Crippen LogP contribution in [0.2, 0.25) is 0 Å². The molecule has 1 saturated carbocycles. The van der Waals surface area contributed by atoms with Gasteiger partial charge in [0.2, 0.25) is 5.91 Å². The number of likely N-dealkylation sites (tertiary alicyclic amines) is 1. The second-order valence-electron chi connectivity index (χ2n) is 6.07. The molecule has 4 heteroatoms. The number of piperidine rings is 1. The van der Waals surface area contributed by atoms with Crippen molar-refractivity contribution in [2.75, 3.05) is 33.7 Å². The Labute approximate surface area is 111 Å². The Morgan fingerprint density at radius 3 is 2.39 bits per heavy atom. The van der Waals surface area contributed by atoms with Gasteiger partial charge in [-0.3, -0.25) is 9.69 Å². The van der Waals surface area contributed by atoms with E-state index in [4.69, 9.17) is 0 Å². The smallest absolute Gasteiger partial charge is 0.239 e. The predicted molar refractivity (Wildman–Crippen MR) is 73.5 cm³/mol. The van der Waals surface area contributed by atoms with E-state index in [0.29, 0.717) is 6.04 Å². The van der Waals surface area contributed by atoms with Crippen LogP contribution in [-0.2, 0) is 4.79 Å². The molecule has 104 valence electrons. The van der Waals surface area contributed by atoms with Crippen LogP contribution < -0.4 is 5.32 Å². The van der Waals surface area contributed by atoms with Crippen LogP contribution in [0.4, 0.5) is 0 Å².